The Bertz CT molecular complexity index is 1470. The van der Waals surface area contributed by atoms with Crippen molar-refractivity contribution in [3.05, 3.63) is 83.9 Å². The number of hydrogen-bond donors (Lipinski definition) is 6. The van der Waals surface area contributed by atoms with Gasteiger partial charge in [0.05, 0.1) is 0 Å². The van der Waals surface area contributed by atoms with Crippen molar-refractivity contribution in [3.8, 4) is 56.8 Å². The van der Waals surface area contributed by atoms with Crippen LogP contribution in [-0.4, -0.2) is 81.2 Å². The summed E-state index contributed by atoms with van der Waals surface area (Å²) in [7, 11) is 2.03. The molecule has 0 bridgehead atoms. The summed E-state index contributed by atoms with van der Waals surface area (Å²) in [6, 6.07) is 18.4. The number of nitrogens with zero attached hydrogens (tertiary/aromatic N) is 3. The Morgan fingerprint density at radius 1 is 0.548 bits per heavy atom. The lowest BCUT2D eigenvalue weighted by atomic mass is 10.0. The van der Waals surface area contributed by atoms with Gasteiger partial charge in [0.25, 0.3) is 0 Å². The van der Waals surface area contributed by atoms with E-state index >= 15 is 0 Å². The van der Waals surface area contributed by atoms with Crippen molar-refractivity contribution < 1.29 is 30.6 Å². The fourth-order valence-corrected chi connectivity index (χ4v) is 4.46. The Kier molecular flexibility index (Phi) is 10.0. The zero-order valence-corrected chi connectivity index (χ0v) is 23.4. The molecular weight excluding hydrogens is 534 g/mol. The van der Waals surface area contributed by atoms with Crippen LogP contribution in [0.1, 0.15) is 24.0 Å². The van der Waals surface area contributed by atoms with Crippen LogP contribution in [0.5, 0.6) is 34.5 Å². The van der Waals surface area contributed by atoms with Crippen LogP contribution < -0.4 is 0 Å². The summed E-state index contributed by atoms with van der Waals surface area (Å²) in [5.41, 5.74) is 3.30. The molecule has 9 heteroatoms. The van der Waals surface area contributed by atoms with Crippen molar-refractivity contribution in [2.45, 2.75) is 12.8 Å². The highest BCUT2D eigenvalue weighted by Crippen LogP contribution is 2.35. The molecule has 6 N–H and O–H groups in total. The van der Waals surface area contributed by atoms with Crippen molar-refractivity contribution in [1.29, 1.82) is 0 Å². The minimum Gasteiger partial charge on any atom is -0.508 e. The SMILES string of the molecule is CN(CCCN=Cc1cc(-c2cc(O)ccc2O)ccc1O)CCCN=Cc1cc(-c2cc(O)ccc2O)ccc1O. The van der Waals surface area contributed by atoms with Gasteiger partial charge in [0, 0.05) is 47.8 Å². The van der Waals surface area contributed by atoms with Gasteiger partial charge in [-0.15, -0.1) is 0 Å². The van der Waals surface area contributed by atoms with Crippen molar-refractivity contribution in [2.24, 2.45) is 9.98 Å². The summed E-state index contributed by atoms with van der Waals surface area (Å²) in [5, 5.41) is 60.2. The first-order valence-corrected chi connectivity index (χ1v) is 13.6. The second-order valence-corrected chi connectivity index (χ2v) is 10.0. The molecule has 4 rings (SSSR count). The number of hydrogen-bond acceptors (Lipinski definition) is 9. The lowest BCUT2D eigenvalue weighted by molar-refractivity contribution is 0.329. The third-order valence-corrected chi connectivity index (χ3v) is 6.75. The number of benzene rings is 4. The van der Waals surface area contributed by atoms with Gasteiger partial charge in [-0.2, -0.15) is 0 Å². The van der Waals surface area contributed by atoms with E-state index in [9.17, 15) is 30.6 Å². The van der Waals surface area contributed by atoms with Crippen molar-refractivity contribution in [3.63, 3.8) is 0 Å². The number of phenolic OH excluding ortho intramolecular Hbond substituents is 6. The van der Waals surface area contributed by atoms with E-state index in [4.69, 9.17) is 0 Å². The van der Waals surface area contributed by atoms with E-state index in [1.165, 1.54) is 48.5 Å². The molecule has 218 valence electrons. The van der Waals surface area contributed by atoms with Gasteiger partial charge in [0.2, 0.25) is 0 Å². The third kappa shape index (κ3) is 8.02. The third-order valence-electron chi connectivity index (χ3n) is 6.75. The van der Waals surface area contributed by atoms with Crippen LogP contribution >= 0.6 is 0 Å². The molecule has 0 aromatic heterocycles. The summed E-state index contributed by atoms with van der Waals surface area (Å²) < 4.78 is 0. The molecule has 0 fully saturated rings. The second-order valence-electron chi connectivity index (χ2n) is 10.0. The molecule has 0 aliphatic carbocycles. The molecule has 0 saturated heterocycles. The lowest BCUT2D eigenvalue weighted by Gasteiger charge is -2.14. The predicted molar refractivity (Wildman–Crippen MR) is 165 cm³/mol. The smallest absolute Gasteiger partial charge is 0.124 e. The Morgan fingerprint density at radius 3 is 1.38 bits per heavy atom. The van der Waals surface area contributed by atoms with Crippen molar-refractivity contribution >= 4 is 12.4 Å². The van der Waals surface area contributed by atoms with Gasteiger partial charge >= 0.3 is 0 Å². The molecule has 42 heavy (non-hydrogen) atoms. The van der Waals surface area contributed by atoms with E-state index in [1.807, 2.05) is 7.05 Å². The Labute approximate surface area is 244 Å². The van der Waals surface area contributed by atoms with E-state index in [0.717, 1.165) is 25.9 Å². The molecule has 9 nitrogen and oxygen atoms in total. The van der Waals surface area contributed by atoms with E-state index in [2.05, 4.69) is 14.9 Å². The van der Waals surface area contributed by atoms with Crippen LogP contribution in [0.25, 0.3) is 22.3 Å². The largest absolute Gasteiger partial charge is 0.508 e. The molecule has 0 aliphatic rings. The van der Waals surface area contributed by atoms with Gasteiger partial charge in [-0.1, -0.05) is 12.1 Å². The molecule has 0 amide bonds. The van der Waals surface area contributed by atoms with E-state index in [0.29, 0.717) is 46.5 Å². The molecule has 0 heterocycles. The molecule has 0 aliphatic heterocycles. The standard InChI is InChI=1S/C33H35N3O6/c1-36(14-2-12-34-20-24-16-22(4-8-30(24)39)28-18-26(37)6-10-32(28)41)15-3-13-35-21-25-17-23(5-9-31(25)40)29-19-27(38)7-11-33(29)42/h4-11,16-21,37-42H,2-3,12-15H2,1H3. The van der Waals surface area contributed by atoms with Gasteiger partial charge in [0.1, 0.15) is 34.5 Å². The normalized spacial score (nSPS) is 11.7. The highest BCUT2D eigenvalue weighted by Gasteiger charge is 2.10. The van der Waals surface area contributed by atoms with Crippen LogP contribution in [0.3, 0.4) is 0 Å². The molecule has 0 spiro atoms. The summed E-state index contributed by atoms with van der Waals surface area (Å²) in [5.74, 6) is 0.315. The van der Waals surface area contributed by atoms with Crippen LogP contribution in [0, 0.1) is 0 Å². The zero-order chi connectivity index (χ0) is 30.1. The van der Waals surface area contributed by atoms with Crippen molar-refractivity contribution in [1.82, 2.24) is 4.90 Å². The molecule has 4 aromatic rings. The van der Waals surface area contributed by atoms with Gasteiger partial charge < -0.3 is 35.5 Å². The maximum atomic E-state index is 10.2. The Balaban J connectivity index is 1.21. The van der Waals surface area contributed by atoms with Crippen molar-refractivity contribution in [2.75, 3.05) is 33.2 Å². The first-order chi connectivity index (χ1) is 20.2. The molecule has 4 aromatic carbocycles. The molecule has 0 atom stereocenters. The van der Waals surface area contributed by atoms with Crippen LogP contribution in [0.4, 0.5) is 0 Å². The van der Waals surface area contributed by atoms with Gasteiger partial charge in [-0.25, -0.2) is 0 Å². The van der Waals surface area contributed by atoms with Crippen LogP contribution in [0.2, 0.25) is 0 Å². The fourth-order valence-electron chi connectivity index (χ4n) is 4.46. The predicted octanol–water partition coefficient (Wildman–Crippen LogP) is 5.50. The second kappa shape index (κ2) is 14.0. The average molecular weight is 570 g/mol. The summed E-state index contributed by atoms with van der Waals surface area (Å²) in [4.78, 5) is 11.1. The molecule has 0 radical (unpaired) electrons. The number of aromatic hydroxyl groups is 6. The van der Waals surface area contributed by atoms with E-state index in [1.54, 1.807) is 36.7 Å². The first kappa shape index (κ1) is 30.0. The maximum Gasteiger partial charge on any atom is 0.124 e. The number of aliphatic imine (C=N–C) groups is 2. The monoisotopic (exact) mass is 569 g/mol. The van der Waals surface area contributed by atoms with E-state index in [-0.39, 0.29) is 34.5 Å². The minimum absolute atomic E-state index is 0.0357. The lowest BCUT2D eigenvalue weighted by Crippen LogP contribution is -2.22. The average Bonchev–Trinajstić information content (AvgIpc) is 2.97. The first-order valence-electron chi connectivity index (χ1n) is 13.6. The number of rotatable bonds is 12. The quantitative estimate of drug-likeness (QED) is 0.0749. The van der Waals surface area contributed by atoms with Gasteiger partial charge in [-0.05, 0) is 105 Å². The molecule has 0 saturated carbocycles. The highest BCUT2D eigenvalue weighted by atomic mass is 16.3. The van der Waals surface area contributed by atoms with E-state index < -0.39 is 0 Å². The minimum atomic E-state index is 0.0357. The topological polar surface area (TPSA) is 149 Å². The fraction of sp³-hybridized carbons (Fsp3) is 0.212. The molecule has 0 unspecified atom stereocenters. The Hall–Kier alpha value is -5.02. The summed E-state index contributed by atoms with van der Waals surface area (Å²) >= 11 is 0. The van der Waals surface area contributed by atoms with Crippen LogP contribution in [0.15, 0.2) is 82.8 Å². The maximum absolute atomic E-state index is 10.2. The summed E-state index contributed by atoms with van der Waals surface area (Å²) in [6.45, 7) is 2.82. The van der Waals surface area contributed by atoms with Crippen LogP contribution in [-0.2, 0) is 0 Å². The highest BCUT2D eigenvalue weighted by molar-refractivity contribution is 5.88. The van der Waals surface area contributed by atoms with Gasteiger partial charge in [-0.3, -0.25) is 9.98 Å². The number of phenols is 6. The Morgan fingerprint density at radius 2 is 0.952 bits per heavy atom. The summed E-state index contributed by atoms with van der Waals surface area (Å²) in [6.07, 6.45) is 4.87. The zero-order valence-electron chi connectivity index (χ0n) is 23.4. The van der Waals surface area contributed by atoms with Gasteiger partial charge in [0.15, 0.2) is 0 Å². The molecular formula is C33H35N3O6.